The Bertz CT molecular complexity index is 695. The van der Waals surface area contributed by atoms with Crippen molar-refractivity contribution in [1.29, 1.82) is 0 Å². The first-order valence-corrected chi connectivity index (χ1v) is 8.95. The van der Waals surface area contributed by atoms with Crippen molar-refractivity contribution in [2.45, 2.75) is 14.7 Å². The second-order valence-corrected chi connectivity index (χ2v) is 7.49. The van der Waals surface area contributed by atoms with E-state index in [4.69, 9.17) is 0 Å². The summed E-state index contributed by atoms with van der Waals surface area (Å²) >= 11 is 3.56. The number of hydrogen-bond acceptors (Lipinski definition) is 3. The SMILES string of the molecule is C=CCSc1ccc2c(c1)C=Pc1cc(O)ccc1S2. The zero-order valence-electron chi connectivity index (χ0n) is 10.7. The third-order valence-electron chi connectivity index (χ3n) is 2.85. The Labute approximate surface area is 128 Å². The van der Waals surface area contributed by atoms with Gasteiger partial charge in [-0.25, -0.2) is 0 Å². The van der Waals surface area contributed by atoms with Crippen LogP contribution < -0.4 is 5.30 Å². The molecule has 4 heteroatoms. The number of aromatic hydroxyl groups is 1. The molecule has 0 radical (unpaired) electrons. The summed E-state index contributed by atoms with van der Waals surface area (Å²) < 4.78 is 0. The molecule has 0 atom stereocenters. The van der Waals surface area contributed by atoms with Crippen LogP contribution in [0, 0.1) is 0 Å². The number of rotatable bonds is 3. The van der Waals surface area contributed by atoms with Crippen molar-refractivity contribution in [3.05, 3.63) is 54.6 Å². The van der Waals surface area contributed by atoms with E-state index in [2.05, 4.69) is 30.6 Å². The van der Waals surface area contributed by atoms with Gasteiger partial charge in [-0.15, -0.1) is 18.3 Å². The van der Waals surface area contributed by atoms with Crippen LogP contribution in [-0.2, 0) is 0 Å². The summed E-state index contributed by atoms with van der Waals surface area (Å²) in [6.07, 6.45) is 1.92. The molecule has 1 aliphatic heterocycles. The molecule has 100 valence electrons. The lowest BCUT2D eigenvalue weighted by molar-refractivity contribution is 0.475. The van der Waals surface area contributed by atoms with Crippen molar-refractivity contribution in [2.24, 2.45) is 0 Å². The molecule has 1 aliphatic rings. The molecule has 0 amide bonds. The average Bonchev–Trinajstić information content (AvgIpc) is 2.63. The molecule has 1 heterocycles. The Hall–Kier alpha value is -1.15. The standard InChI is InChI=1S/C16H13OPS2/c1-2-7-19-13-4-6-15-11(8-13)10-18-14-9-12(17)3-5-16(14)20-15/h2-6,8-10,17H,1,7H2. The zero-order valence-corrected chi connectivity index (χ0v) is 13.3. The van der Waals surface area contributed by atoms with E-state index in [1.807, 2.05) is 18.2 Å². The van der Waals surface area contributed by atoms with Crippen molar-refractivity contribution < 1.29 is 5.11 Å². The maximum absolute atomic E-state index is 9.60. The van der Waals surface area contributed by atoms with Crippen LogP contribution in [0.5, 0.6) is 5.75 Å². The largest absolute Gasteiger partial charge is 0.508 e. The molecular weight excluding hydrogens is 303 g/mol. The van der Waals surface area contributed by atoms with E-state index in [1.165, 1.54) is 20.2 Å². The number of hydrogen-bond donors (Lipinski definition) is 1. The van der Waals surface area contributed by atoms with E-state index in [1.54, 1.807) is 29.6 Å². The molecular formula is C16H13OPS2. The van der Waals surface area contributed by atoms with Gasteiger partial charge >= 0.3 is 0 Å². The first-order chi connectivity index (χ1) is 9.76. The minimum atomic E-state index is 0.332. The van der Waals surface area contributed by atoms with Crippen molar-refractivity contribution in [3.63, 3.8) is 0 Å². The molecule has 0 aliphatic carbocycles. The number of phenolic OH excluding ortho intramolecular Hbond substituents is 1. The summed E-state index contributed by atoms with van der Waals surface area (Å²) in [5.74, 6) is 3.47. The highest BCUT2D eigenvalue weighted by atomic mass is 32.2. The van der Waals surface area contributed by atoms with Gasteiger partial charge in [0.2, 0.25) is 0 Å². The quantitative estimate of drug-likeness (QED) is 0.435. The van der Waals surface area contributed by atoms with Gasteiger partial charge in [0.25, 0.3) is 0 Å². The van der Waals surface area contributed by atoms with Crippen LogP contribution in [0.15, 0.2) is 63.7 Å². The predicted octanol–water partition coefficient (Wildman–Crippen LogP) is 4.56. The minimum Gasteiger partial charge on any atom is -0.508 e. The van der Waals surface area contributed by atoms with Gasteiger partial charge in [-0.05, 0) is 47.8 Å². The third-order valence-corrected chi connectivity index (χ3v) is 6.22. The van der Waals surface area contributed by atoms with Gasteiger partial charge in [-0.3, -0.25) is 0 Å². The number of thioether (sulfide) groups is 1. The van der Waals surface area contributed by atoms with E-state index in [0.717, 1.165) is 19.3 Å². The van der Waals surface area contributed by atoms with Crippen LogP contribution in [-0.4, -0.2) is 16.7 Å². The predicted molar refractivity (Wildman–Crippen MR) is 91.3 cm³/mol. The molecule has 1 N–H and O–H groups in total. The molecule has 0 bridgehead atoms. The molecule has 0 aromatic heterocycles. The van der Waals surface area contributed by atoms with E-state index < -0.39 is 0 Å². The van der Waals surface area contributed by atoms with E-state index >= 15 is 0 Å². The Morgan fingerprint density at radius 3 is 2.90 bits per heavy atom. The van der Waals surface area contributed by atoms with Crippen molar-refractivity contribution in [2.75, 3.05) is 5.75 Å². The van der Waals surface area contributed by atoms with Gasteiger partial charge in [0.05, 0.1) is 0 Å². The fraction of sp³-hybridized carbons (Fsp3) is 0.0625. The molecule has 0 saturated heterocycles. The molecule has 3 rings (SSSR count). The Morgan fingerprint density at radius 1 is 1.20 bits per heavy atom. The highest BCUT2D eigenvalue weighted by molar-refractivity contribution is 8.00. The molecule has 2 aromatic carbocycles. The summed E-state index contributed by atoms with van der Waals surface area (Å²) in [6.45, 7) is 3.76. The third kappa shape index (κ3) is 2.95. The van der Waals surface area contributed by atoms with Crippen LogP contribution in [0.3, 0.4) is 0 Å². The fourth-order valence-electron chi connectivity index (χ4n) is 1.92. The number of fused-ring (bicyclic) bond motifs is 2. The van der Waals surface area contributed by atoms with Crippen LogP contribution in [0.25, 0.3) is 0 Å². The molecule has 0 unspecified atom stereocenters. The van der Waals surface area contributed by atoms with Crippen molar-refractivity contribution in [1.82, 2.24) is 0 Å². The lowest BCUT2D eigenvalue weighted by atomic mass is 10.2. The summed E-state index contributed by atoms with van der Waals surface area (Å²) in [7, 11) is 1.13. The fourth-order valence-corrected chi connectivity index (χ4v) is 4.79. The van der Waals surface area contributed by atoms with Gasteiger partial charge in [-0.2, -0.15) is 0 Å². The summed E-state index contributed by atoms with van der Waals surface area (Å²) in [5, 5.41) is 10.8. The summed E-state index contributed by atoms with van der Waals surface area (Å²) in [5.41, 5.74) is 1.27. The zero-order chi connectivity index (χ0) is 13.9. The lowest BCUT2D eigenvalue weighted by Crippen LogP contribution is -1.94. The Kier molecular flexibility index (Phi) is 4.21. The van der Waals surface area contributed by atoms with Crippen LogP contribution in [0.2, 0.25) is 0 Å². The highest BCUT2D eigenvalue weighted by Gasteiger charge is 2.11. The highest BCUT2D eigenvalue weighted by Crippen LogP contribution is 2.36. The van der Waals surface area contributed by atoms with Gasteiger partial charge in [0, 0.05) is 25.7 Å². The molecule has 0 saturated carbocycles. The summed E-state index contributed by atoms with van der Waals surface area (Å²) in [6, 6.07) is 12.2. The van der Waals surface area contributed by atoms with E-state index in [9.17, 15) is 5.11 Å². The topological polar surface area (TPSA) is 20.2 Å². The van der Waals surface area contributed by atoms with Crippen molar-refractivity contribution >= 4 is 42.8 Å². The monoisotopic (exact) mass is 316 g/mol. The van der Waals surface area contributed by atoms with Gasteiger partial charge in [-0.1, -0.05) is 26.0 Å². The maximum Gasteiger partial charge on any atom is 0.116 e. The molecule has 0 spiro atoms. The van der Waals surface area contributed by atoms with E-state index in [0.29, 0.717) is 5.75 Å². The number of phenols is 1. The molecule has 0 fully saturated rings. The maximum atomic E-state index is 9.60. The van der Waals surface area contributed by atoms with Crippen LogP contribution >= 0.6 is 31.7 Å². The van der Waals surface area contributed by atoms with Crippen LogP contribution in [0.1, 0.15) is 5.56 Å². The Balaban J connectivity index is 1.97. The molecule has 1 nitrogen and oxygen atoms in total. The molecule has 2 aromatic rings. The first-order valence-electron chi connectivity index (χ1n) is 6.19. The normalized spacial score (nSPS) is 13.2. The second kappa shape index (κ2) is 6.09. The van der Waals surface area contributed by atoms with Gasteiger partial charge < -0.3 is 5.11 Å². The number of benzene rings is 2. The minimum absolute atomic E-state index is 0.332. The van der Waals surface area contributed by atoms with Crippen molar-refractivity contribution in [3.8, 4) is 5.75 Å². The Morgan fingerprint density at radius 2 is 2.05 bits per heavy atom. The molecule has 20 heavy (non-hydrogen) atoms. The first kappa shape index (κ1) is 13.8. The lowest BCUT2D eigenvalue weighted by Gasteiger charge is -2.07. The smallest absolute Gasteiger partial charge is 0.116 e. The summed E-state index contributed by atoms with van der Waals surface area (Å²) in [4.78, 5) is 3.75. The van der Waals surface area contributed by atoms with Gasteiger partial charge in [0.1, 0.15) is 5.75 Å². The van der Waals surface area contributed by atoms with Gasteiger partial charge in [0.15, 0.2) is 0 Å². The average molecular weight is 316 g/mol. The van der Waals surface area contributed by atoms with Crippen LogP contribution in [0.4, 0.5) is 0 Å². The van der Waals surface area contributed by atoms with E-state index in [-0.39, 0.29) is 0 Å². The second-order valence-electron chi connectivity index (χ2n) is 4.31.